The number of carbonyl (C=O) groups is 2. The lowest BCUT2D eigenvalue weighted by Crippen LogP contribution is -2.63. The second-order valence-corrected chi connectivity index (χ2v) is 6.25. The van der Waals surface area contributed by atoms with Crippen molar-refractivity contribution in [1.82, 2.24) is 10.2 Å². The number of hydrogen-bond donors (Lipinski definition) is 1. The van der Waals surface area contributed by atoms with Gasteiger partial charge in [-0.05, 0) is 20.3 Å². The molecule has 6 heteroatoms. The van der Waals surface area contributed by atoms with Crippen LogP contribution in [0.5, 0.6) is 0 Å². The number of carbonyl (C=O) groups excluding carboxylic acids is 2. The van der Waals surface area contributed by atoms with Crippen LogP contribution in [0.2, 0.25) is 0 Å². The second kappa shape index (κ2) is 5.62. The molecule has 1 aliphatic rings. The lowest BCUT2D eigenvalue weighted by atomic mass is 10.1. The first-order chi connectivity index (χ1) is 7.88. The molecular weight excluding hydrogens is 240 g/mol. The van der Waals surface area contributed by atoms with Crippen molar-refractivity contribution in [2.45, 2.75) is 44.5 Å². The average molecular weight is 260 g/mol. The first-order valence-electron chi connectivity index (χ1n) is 5.81. The summed E-state index contributed by atoms with van der Waals surface area (Å²) < 4.78 is 11.3. The maximum absolute atomic E-state index is 12.1. The average Bonchev–Trinajstić information content (AvgIpc) is 2.28. The van der Waals surface area contributed by atoms with Crippen molar-refractivity contribution in [3.8, 4) is 0 Å². The molecule has 1 aliphatic heterocycles. The standard InChI is InChI=1S/C11H20N2O3S/c1-5-9-11(15)13(6-7(2)17(4)16)8(3)10(14)12-9/h7-9H,5-6H2,1-4H3,(H,12,14). The zero-order valence-corrected chi connectivity index (χ0v) is 11.5. The monoisotopic (exact) mass is 260 g/mol. The summed E-state index contributed by atoms with van der Waals surface area (Å²) in [5.74, 6) is -0.206. The molecule has 98 valence electrons. The summed E-state index contributed by atoms with van der Waals surface area (Å²) in [6.45, 7) is 5.75. The first kappa shape index (κ1) is 14.2. The predicted octanol–water partition coefficient (Wildman–Crippen LogP) is -0.121. The van der Waals surface area contributed by atoms with Crippen LogP contribution in [0.3, 0.4) is 0 Å². The molecule has 1 N–H and O–H groups in total. The Morgan fingerprint density at radius 1 is 1.47 bits per heavy atom. The Labute approximate surface area is 104 Å². The van der Waals surface area contributed by atoms with E-state index in [1.807, 2.05) is 13.8 Å². The van der Waals surface area contributed by atoms with E-state index in [4.69, 9.17) is 0 Å². The van der Waals surface area contributed by atoms with Crippen LogP contribution in [0.15, 0.2) is 0 Å². The minimum Gasteiger partial charge on any atom is -0.343 e. The second-order valence-electron chi connectivity index (χ2n) is 4.45. The number of nitrogens with one attached hydrogen (secondary N) is 1. The fraction of sp³-hybridized carbons (Fsp3) is 0.818. The summed E-state index contributed by atoms with van der Waals surface area (Å²) in [5, 5.41) is 2.57. The maximum atomic E-state index is 12.1. The fourth-order valence-electron chi connectivity index (χ4n) is 1.79. The van der Waals surface area contributed by atoms with E-state index in [9.17, 15) is 13.8 Å². The van der Waals surface area contributed by atoms with Crippen molar-refractivity contribution in [1.29, 1.82) is 0 Å². The van der Waals surface area contributed by atoms with E-state index in [1.54, 1.807) is 18.1 Å². The van der Waals surface area contributed by atoms with E-state index in [-0.39, 0.29) is 17.1 Å². The van der Waals surface area contributed by atoms with E-state index >= 15 is 0 Å². The van der Waals surface area contributed by atoms with Gasteiger partial charge in [0.2, 0.25) is 11.8 Å². The number of nitrogens with zero attached hydrogens (tertiary/aromatic N) is 1. The summed E-state index contributed by atoms with van der Waals surface area (Å²) in [6.07, 6.45) is 2.19. The van der Waals surface area contributed by atoms with E-state index in [2.05, 4.69) is 5.32 Å². The molecule has 4 atom stereocenters. The molecule has 1 fully saturated rings. The molecular formula is C11H20N2O3S. The van der Waals surface area contributed by atoms with Gasteiger partial charge in [-0.1, -0.05) is 6.92 Å². The zero-order chi connectivity index (χ0) is 13.2. The number of hydrogen-bond acceptors (Lipinski definition) is 3. The SMILES string of the molecule is CCC1NC(=O)C(C)N(CC(C)S(C)=O)C1=O. The lowest BCUT2D eigenvalue weighted by Gasteiger charge is -2.38. The van der Waals surface area contributed by atoms with Gasteiger partial charge in [0, 0.05) is 28.9 Å². The molecule has 5 nitrogen and oxygen atoms in total. The van der Waals surface area contributed by atoms with Gasteiger partial charge in [-0.2, -0.15) is 0 Å². The van der Waals surface area contributed by atoms with E-state index in [0.29, 0.717) is 13.0 Å². The third kappa shape index (κ3) is 3.06. The Morgan fingerprint density at radius 2 is 2.06 bits per heavy atom. The van der Waals surface area contributed by atoms with Gasteiger partial charge in [-0.25, -0.2) is 0 Å². The van der Waals surface area contributed by atoms with Crippen LogP contribution in [0.1, 0.15) is 27.2 Å². The molecule has 4 unspecified atom stereocenters. The molecule has 1 rings (SSSR count). The normalized spacial score (nSPS) is 28.8. The Bertz CT molecular complexity index is 346. The molecule has 0 radical (unpaired) electrons. The largest absolute Gasteiger partial charge is 0.343 e. The highest BCUT2D eigenvalue weighted by Gasteiger charge is 2.37. The molecule has 0 saturated carbocycles. The van der Waals surface area contributed by atoms with E-state index in [1.165, 1.54) is 0 Å². The molecule has 2 amide bonds. The predicted molar refractivity (Wildman–Crippen MR) is 66.9 cm³/mol. The van der Waals surface area contributed by atoms with Gasteiger partial charge in [0.15, 0.2) is 0 Å². The third-order valence-electron chi connectivity index (χ3n) is 3.17. The summed E-state index contributed by atoms with van der Waals surface area (Å²) >= 11 is 0. The molecule has 0 aromatic heterocycles. The van der Waals surface area contributed by atoms with Crippen LogP contribution in [0.25, 0.3) is 0 Å². The van der Waals surface area contributed by atoms with Gasteiger partial charge in [0.1, 0.15) is 12.1 Å². The van der Waals surface area contributed by atoms with Crippen LogP contribution in [0.4, 0.5) is 0 Å². The van der Waals surface area contributed by atoms with Crippen LogP contribution < -0.4 is 5.32 Å². The molecule has 1 saturated heterocycles. The molecule has 0 spiro atoms. The number of piperazine rings is 1. The van der Waals surface area contributed by atoms with Gasteiger partial charge in [0.05, 0.1) is 0 Å². The van der Waals surface area contributed by atoms with Crippen molar-refractivity contribution >= 4 is 22.6 Å². The van der Waals surface area contributed by atoms with Gasteiger partial charge in [0.25, 0.3) is 0 Å². The molecule has 17 heavy (non-hydrogen) atoms. The van der Waals surface area contributed by atoms with Gasteiger partial charge >= 0.3 is 0 Å². The highest BCUT2D eigenvalue weighted by molar-refractivity contribution is 7.84. The van der Waals surface area contributed by atoms with Crippen LogP contribution in [0, 0.1) is 0 Å². The van der Waals surface area contributed by atoms with Crippen LogP contribution in [-0.4, -0.2) is 51.1 Å². The van der Waals surface area contributed by atoms with Crippen molar-refractivity contribution in [3.63, 3.8) is 0 Å². The Balaban J connectivity index is 2.82. The summed E-state index contributed by atoms with van der Waals surface area (Å²) in [4.78, 5) is 25.3. The number of amides is 2. The quantitative estimate of drug-likeness (QED) is 0.766. The Kier molecular flexibility index (Phi) is 4.68. The van der Waals surface area contributed by atoms with Crippen LogP contribution >= 0.6 is 0 Å². The first-order valence-corrected chi connectivity index (χ1v) is 7.43. The van der Waals surface area contributed by atoms with Gasteiger partial charge < -0.3 is 10.2 Å². The molecule has 1 heterocycles. The van der Waals surface area contributed by atoms with E-state index in [0.717, 1.165) is 0 Å². The van der Waals surface area contributed by atoms with E-state index < -0.39 is 22.9 Å². The Hall–Kier alpha value is -0.910. The topological polar surface area (TPSA) is 66.5 Å². The minimum atomic E-state index is -0.992. The van der Waals surface area contributed by atoms with Crippen molar-refractivity contribution < 1.29 is 13.8 Å². The zero-order valence-electron chi connectivity index (χ0n) is 10.7. The fourth-order valence-corrected chi connectivity index (χ4v) is 2.16. The summed E-state index contributed by atoms with van der Waals surface area (Å²) in [5.41, 5.74) is 0. The van der Waals surface area contributed by atoms with Gasteiger partial charge in [-0.15, -0.1) is 0 Å². The summed E-state index contributed by atoms with van der Waals surface area (Å²) in [7, 11) is -0.992. The van der Waals surface area contributed by atoms with Gasteiger partial charge in [-0.3, -0.25) is 13.8 Å². The molecule has 0 aliphatic carbocycles. The highest BCUT2D eigenvalue weighted by atomic mass is 32.2. The highest BCUT2D eigenvalue weighted by Crippen LogP contribution is 2.13. The minimum absolute atomic E-state index is 0.0723. The molecule has 0 bridgehead atoms. The summed E-state index contributed by atoms with van der Waals surface area (Å²) in [6, 6.07) is -0.910. The number of rotatable bonds is 4. The Morgan fingerprint density at radius 3 is 2.53 bits per heavy atom. The smallest absolute Gasteiger partial charge is 0.245 e. The van der Waals surface area contributed by atoms with Crippen LogP contribution in [-0.2, 0) is 20.4 Å². The third-order valence-corrected chi connectivity index (χ3v) is 4.46. The maximum Gasteiger partial charge on any atom is 0.245 e. The van der Waals surface area contributed by atoms with Crippen molar-refractivity contribution in [3.05, 3.63) is 0 Å². The lowest BCUT2D eigenvalue weighted by molar-refractivity contribution is -0.148. The molecule has 0 aromatic carbocycles. The van der Waals surface area contributed by atoms with Crippen molar-refractivity contribution in [2.75, 3.05) is 12.8 Å². The van der Waals surface area contributed by atoms with Crippen molar-refractivity contribution in [2.24, 2.45) is 0 Å². The molecule has 0 aromatic rings.